The summed E-state index contributed by atoms with van der Waals surface area (Å²) in [6.45, 7) is 1.92. The van der Waals surface area contributed by atoms with Crippen molar-refractivity contribution in [1.29, 1.82) is 0 Å². The Balaban J connectivity index is 1.51. The number of hydrogen-bond acceptors (Lipinski definition) is 4. The van der Waals surface area contributed by atoms with Crippen LogP contribution in [0.5, 0.6) is 0 Å². The van der Waals surface area contributed by atoms with Crippen LogP contribution in [0.15, 0.2) is 60.8 Å². The van der Waals surface area contributed by atoms with Gasteiger partial charge in [-0.2, -0.15) is 5.10 Å². The molecule has 1 aliphatic rings. The minimum absolute atomic E-state index is 0.182. The molecular formula is C25H22N6O. The fourth-order valence-corrected chi connectivity index (χ4v) is 4.32. The minimum atomic E-state index is -0.182. The van der Waals surface area contributed by atoms with Gasteiger partial charge in [-0.3, -0.25) is 13.9 Å². The third-order valence-corrected chi connectivity index (χ3v) is 6.04. The Hall–Kier alpha value is -4.00. The van der Waals surface area contributed by atoms with Crippen molar-refractivity contribution in [2.24, 2.45) is 7.05 Å². The van der Waals surface area contributed by atoms with Crippen molar-refractivity contribution < 1.29 is 4.79 Å². The number of rotatable bonds is 4. The van der Waals surface area contributed by atoms with Crippen molar-refractivity contribution in [2.75, 3.05) is 5.32 Å². The van der Waals surface area contributed by atoms with Gasteiger partial charge in [0.15, 0.2) is 5.65 Å². The number of hydrogen-bond donors (Lipinski definition) is 1. The molecule has 0 aliphatic heterocycles. The second-order valence-electron chi connectivity index (χ2n) is 8.33. The molecule has 7 nitrogen and oxygen atoms in total. The molecule has 0 spiro atoms. The molecule has 1 fully saturated rings. The van der Waals surface area contributed by atoms with Gasteiger partial charge < -0.3 is 5.32 Å². The van der Waals surface area contributed by atoms with E-state index in [0.717, 1.165) is 52.2 Å². The van der Waals surface area contributed by atoms with E-state index in [1.807, 2.05) is 79.2 Å². The number of benzene rings is 1. The Labute approximate surface area is 184 Å². The lowest BCUT2D eigenvalue weighted by Crippen LogP contribution is -2.15. The first-order valence-corrected chi connectivity index (χ1v) is 10.8. The van der Waals surface area contributed by atoms with Gasteiger partial charge in [0, 0.05) is 30.4 Å². The van der Waals surface area contributed by atoms with Crippen LogP contribution in [0, 0.1) is 6.92 Å². The van der Waals surface area contributed by atoms with E-state index < -0.39 is 0 Å². The van der Waals surface area contributed by atoms with Gasteiger partial charge in [-0.15, -0.1) is 0 Å². The van der Waals surface area contributed by atoms with Crippen molar-refractivity contribution in [3.05, 3.63) is 77.7 Å². The van der Waals surface area contributed by atoms with Crippen molar-refractivity contribution in [2.45, 2.75) is 25.7 Å². The van der Waals surface area contributed by atoms with E-state index in [2.05, 4.69) is 10.4 Å². The maximum Gasteiger partial charge on any atom is 0.257 e. The van der Waals surface area contributed by atoms with Gasteiger partial charge in [0.05, 0.1) is 16.6 Å². The van der Waals surface area contributed by atoms with Crippen molar-refractivity contribution in [3.63, 3.8) is 0 Å². The lowest BCUT2D eigenvalue weighted by atomic mass is 10.1. The minimum Gasteiger partial charge on any atom is -0.306 e. The van der Waals surface area contributed by atoms with Crippen LogP contribution in [0.1, 0.15) is 40.5 Å². The van der Waals surface area contributed by atoms with Crippen molar-refractivity contribution in [1.82, 2.24) is 24.1 Å². The lowest BCUT2D eigenvalue weighted by molar-refractivity contribution is 0.102. The molecule has 4 aromatic heterocycles. The highest BCUT2D eigenvalue weighted by Crippen LogP contribution is 2.40. The predicted molar refractivity (Wildman–Crippen MR) is 124 cm³/mol. The van der Waals surface area contributed by atoms with Crippen LogP contribution in [0.3, 0.4) is 0 Å². The van der Waals surface area contributed by atoms with E-state index in [4.69, 9.17) is 9.97 Å². The third kappa shape index (κ3) is 2.97. The summed E-state index contributed by atoms with van der Waals surface area (Å²) in [5.74, 6) is 0.895. The van der Waals surface area contributed by atoms with Gasteiger partial charge in [0.1, 0.15) is 17.2 Å². The first-order chi connectivity index (χ1) is 15.6. The molecule has 32 heavy (non-hydrogen) atoms. The summed E-state index contributed by atoms with van der Waals surface area (Å²) in [5.41, 5.74) is 5.57. The van der Waals surface area contributed by atoms with Crippen LogP contribution in [-0.4, -0.2) is 30.1 Å². The van der Waals surface area contributed by atoms with Gasteiger partial charge in [-0.05, 0) is 38.0 Å². The number of aryl methyl sites for hydroxylation is 2. The topological polar surface area (TPSA) is 77.1 Å². The Morgan fingerprint density at radius 3 is 2.62 bits per heavy atom. The van der Waals surface area contributed by atoms with E-state index in [1.54, 1.807) is 4.68 Å². The summed E-state index contributed by atoms with van der Waals surface area (Å²) in [5, 5.41) is 8.48. The molecule has 1 aliphatic carbocycles. The maximum atomic E-state index is 13.7. The Bertz CT molecular complexity index is 1490. The summed E-state index contributed by atoms with van der Waals surface area (Å²) in [6, 6.07) is 17.7. The highest BCUT2D eigenvalue weighted by atomic mass is 16.1. The molecule has 0 bridgehead atoms. The number of carbonyl (C=O) groups is 1. The number of imidazole rings is 1. The number of amides is 1. The van der Waals surface area contributed by atoms with Gasteiger partial charge in [-0.1, -0.05) is 36.4 Å². The molecule has 0 unspecified atom stereocenters. The Kier molecular flexibility index (Phi) is 4.11. The monoisotopic (exact) mass is 422 g/mol. The van der Waals surface area contributed by atoms with E-state index in [-0.39, 0.29) is 5.91 Å². The van der Waals surface area contributed by atoms with Crippen LogP contribution in [0.2, 0.25) is 0 Å². The largest absolute Gasteiger partial charge is 0.306 e. The average molecular weight is 422 g/mol. The normalized spacial score (nSPS) is 13.7. The molecule has 1 amide bonds. The second-order valence-corrected chi connectivity index (χ2v) is 8.33. The molecule has 1 N–H and O–H groups in total. The maximum absolute atomic E-state index is 13.7. The molecule has 7 heteroatoms. The summed E-state index contributed by atoms with van der Waals surface area (Å²) in [7, 11) is 1.87. The fourth-order valence-electron chi connectivity index (χ4n) is 4.32. The van der Waals surface area contributed by atoms with Crippen LogP contribution in [0.4, 0.5) is 5.82 Å². The van der Waals surface area contributed by atoms with Crippen LogP contribution in [0.25, 0.3) is 27.9 Å². The highest BCUT2D eigenvalue weighted by molar-refractivity contribution is 6.13. The zero-order chi connectivity index (χ0) is 21.8. The first kappa shape index (κ1) is 18.7. The second kappa shape index (κ2) is 7.02. The van der Waals surface area contributed by atoms with Gasteiger partial charge in [0.2, 0.25) is 0 Å². The number of pyridine rings is 2. The van der Waals surface area contributed by atoms with Crippen molar-refractivity contribution >= 4 is 28.4 Å². The SMILES string of the molecule is Cc1nn(C)c2nc(C3CC3)cc(C(=O)Nc3c(-c4ccccc4)nc4ccccn34)c12. The summed E-state index contributed by atoms with van der Waals surface area (Å²) in [4.78, 5) is 23.3. The number of carbonyl (C=O) groups excluding carboxylic acids is 1. The van der Waals surface area contributed by atoms with Gasteiger partial charge in [-0.25, -0.2) is 9.97 Å². The number of nitrogens with one attached hydrogen (secondary N) is 1. The molecule has 0 atom stereocenters. The van der Waals surface area contributed by atoms with Crippen molar-refractivity contribution in [3.8, 4) is 11.3 Å². The standard InChI is InChI=1S/C25H22N6O/c1-15-21-18(14-19(16-11-12-16)26-23(21)30(2)29-15)25(32)28-24-22(17-8-4-3-5-9-17)27-20-10-6-7-13-31(20)24/h3-10,13-14,16H,11-12H2,1-2H3,(H,28,32). The number of aromatic nitrogens is 5. The number of anilines is 1. The van der Waals surface area contributed by atoms with Gasteiger partial charge >= 0.3 is 0 Å². The van der Waals surface area contributed by atoms with Gasteiger partial charge in [0.25, 0.3) is 5.91 Å². The molecule has 1 saturated carbocycles. The predicted octanol–water partition coefficient (Wildman–Crippen LogP) is 4.72. The molecule has 1 aromatic carbocycles. The molecule has 4 heterocycles. The Morgan fingerprint density at radius 2 is 1.84 bits per heavy atom. The number of fused-ring (bicyclic) bond motifs is 2. The van der Waals surface area contributed by atoms with Crippen LogP contribution < -0.4 is 5.32 Å². The summed E-state index contributed by atoms with van der Waals surface area (Å²) in [6.07, 6.45) is 4.14. The zero-order valence-corrected chi connectivity index (χ0v) is 17.9. The molecule has 6 rings (SSSR count). The lowest BCUT2D eigenvalue weighted by Gasteiger charge is -2.10. The zero-order valence-electron chi connectivity index (χ0n) is 17.9. The fraction of sp³-hybridized carbons (Fsp3) is 0.200. The van der Waals surface area contributed by atoms with E-state index in [0.29, 0.717) is 17.3 Å². The highest BCUT2D eigenvalue weighted by Gasteiger charge is 2.29. The molecular weight excluding hydrogens is 400 g/mol. The smallest absolute Gasteiger partial charge is 0.257 e. The van der Waals surface area contributed by atoms with E-state index in [9.17, 15) is 4.79 Å². The average Bonchev–Trinajstić information content (AvgIpc) is 3.55. The summed E-state index contributed by atoms with van der Waals surface area (Å²) < 4.78 is 3.67. The summed E-state index contributed by atoms with van der Waals surface area (Å²) >= 11 is 0. The Morgan fingerprint density at radius 1 is 1.06 bits per heavy atom. The quantitative estimate of drug-likeness (QED) is 0.455. The van der Waals surface area contributed by atoms with E-state index >= 15 is 0 Å². The number of nitrogens with zero attached hydrogens (tertiary/aromatic N) is 5. The third-order valence-electron chi connectivity index (χ3n) is 6.04. The van der Waals surface area contributed by atoms with Crippen LogP contribution >= 0.6 is 0 Å². The molecule has 0 saturated heterocycles. The molecule has 158 valence electrons. The molecule has 0 radical (unpaired) electrons. The van der Waals surface area contributed by atoms with E-state index in [1.165, 1.54) is 0 Å². The van der Waals surface area contributed by atoms with Crippen LogP contribution in [-0.2, 0) is 7.05 Å². The molecule has 5 aromatic rings. The first-order valence-electron chi connectivity index (χ1n) is 10.8.